The van der Waals surface area contributed by atoms with Gasteiger partial charge in [-0.25, -0.2) is 8.42 Å². The van der Waals surface area contributed by atoms with Gasteiger partial charge in [-0.2, -0.15) is 4.31 Å². The summed E-state index contributed by atoms with van der Waals surface area (Å²) in [5.74, 6) is 0.857. The maximum absolute atomic E-state index is 13.6. The summed E-state index contributed by atoms with van der Waals surface area (Å²) < 4.78 is 41.5. The molecule has 1 N–H and O–H groups in total. The van der Waals surface area contributed by atoms with Crippen LogP contribution in [0, 0.1) is 0 Å². The first-order valence-electron chi connectivity index (χ1n) is 14.2. The summed E-state index contributed by atoms with van der Waals surface area (Å²) in [5.41, 5.74) is 4.48. The van der Waals surface area contributed by atoms with Gasteiger partial charge in [0.15, 0.2) is 0 Å². The minimum Gasteiger partial charge on any atom is -0.490 e. The average molecular weight is 604 g/mol. The van der Waals surface area contributed by atoms with E-state index < -0.39 is 15.6 Å². The molecule has 0 unspecified atom stereocenters. The van der Waals surface area contributed by atoms with E-state index in [-0.39, 0.29) is 36.3 Å². The second-order valence-corrected chi connectivity index (χ2v) is 13.5. The van der Waals surface area contributed by atoms with E-state index >= 15 is 0 Å². The lowest BCUT2D eigenvalue weighted by molar-refractivity contribution is 0.0173. The number of ether oxygens (including phenoxy) is 2. The first kappa shape index (κ1) is 27.3. The Hall–Kier alpha value is -3.50. The minimum atomic E-state index is -3.79. The summed E-state index contributed by atoms with van der Waals surface area (Å²) in [5, 5.41) is 0.445. The van der Waals surface area contributed by atoms with Crippen LogP contribution >= 0.6 is 11.6 Å². The monoisotopic (exact) mass is 603 g/mol. The van der Waals surface area contributed by atoms with Crippen molar-refractivity contribution in [3.8, 4) is 16.9 Å². The maximum atomic E-state index is 13.6. The van der Waals surface area contributed by atoms with Gasteiger partial charge < -0.3 is 14.5 Å². The van der Waals surface area contributed by atoms with Gasteiger partial charge in [0.05, 0.1) is 23.2 Å². The number of nitrogens with zero attached hydrogens (tertiary/aromatic N) is 2. The number of para-hydroxylation sites is 1. The summed E-state index contributed by atoms with van der Waals surface area (Å²) in [6, 6.07) is 17.9. The zero-order valence-electron chi connectivity index (χ0n) is 22.9. The molecular formula is C32H30ClN3O5S. The number of benzene rings is 2. The second kappa shape index (κ2) is 10.6. The molecule has 1 aliphatic heterocycles. The second-order valence-electron chi connectivity index (χ2n) is 11.2. The SMILES string of the molecule is O=c1ccc2c([nH]1)CCN(S(=O)(=O)c1ccc(Cl)c(COC3(c4cnccc4-c4ccccc4OC4CC4)CC3)c1)C2. The Morgan fingerprint density at radius 3 is 2.69 bits per heavy atom. The van der Waals surface area contributed by atoms with E-state index in [0.717, 1.165) is 59.4 Å². The summed E-state index contributed by atoms with van der Waals surface area (Å²) in [7, 11) is -3.79. The molecule has 42 heavy (non-hydrogen) atoms. The van der Waals surface area contributed by atoms with Crippen LogP contribution in [0.5, 0.6) is 5.75 Å². The van der Waals surface area contributed by atoms with Crippen molar-refractivity contribution < 1.29 is 17.9 Å². The molecule has 0 saturated heterocycles. The smallest absolute Gasteiger partial charge is 0.248 e. The van der Waals surface area contributed by atoms with E-state index in [1.165, 1.54) is 16.4 Å². The van der Waals surface area contributed by atoms with Crippen LogP contribution in [0.3, 0.4) is 0 Å². The Morgan fingerprint density at radius 2 is 1.88 bits per heavy atom. The Labute approximate surface area is 249 Å². The van der Waals surface area contributed by atoms with Gasteiger partial charge in [-0.15, -0.1) is 0 Å². The van der Waals surface area contributed by atoms with Crippen LogP contribution in [-0.2, 0) is 39.9 Å². The molecule has 2 saturated carbocycles. The molecule has 0 spiro atoms. The number of fused-ring (bicyclic) bond motifs is 1. The van der Waals surface area contributed by atoms with Crippen molar-refractivity contribution in [1.29, 1.82) is 0 Å². The van der Waals surface area contributed by atoms with Crippen LogP contribution in [0.4, 0.5) is 0 Å². The van der Waals surface area contributed by atoms with Crippen molar-refractivity contribution in [2.45, 2.75) is 61.9 Å². The third-order valence-corrected chi connectivity index (χ3v) is 10.4. The predicted octanol–water partition coefficient (Wildman–Crippen LogP) is 5.58. The molecule has 10 heteroatoms. The van der Waals surface area contributed by atoms with Gasteiger partial charge in [0.2, 0.25) is 15.6 Å². The van der Waals surface area contributed by atoms with Crippen LogP contribution in [-0.4, -0.2) is 35.3 Å². The van der Waals surface area contributed by atoms with Crippen LogP contribution in [0.25, 0.3) is 11.1 Å². The van der Waals surface area contributed by atoms with Crippen molar-refractivity contribution in [1.82, 2.24) is 14.3 Å². The van der Waals surface area contributed by atoms with E-state index in [1.807, 2.05) is 30.5 Å². The normalized spacial score (nSPS) is 17.9. The highest BCUT2D eigenvalue weighted by Gasteiger charge is 2.48. The highest BCUT2D eigenvalue weighted by molar-refractivity contribution is 7.89. The fourth-order valence-corrected chi connectivity index (χ4v) is 7.21. The first-order chi connectivity index (χ1) is 20.3. The van der Waals surface area contributed by atoms with Crippen molar-refractivity contribution in [2.24, 2.45) is 0 Å². The van der Waals surface area contributed by atoms with Crippen molar-refractivity contribution in [3.63, 3.8) is 0 Å². The third kappa shape index (κ3) is 5.26. The molecule has 0 atom stereocenters. The molecule has 0 bridgehead atoms. The molecule has 0 radical (unpaired) electrons. The molecule has 3 heterocycles. The number of sulfonamides is 1. The molecule has 2 aromatic heterocycles. The quantitative estimate of drug-likeness (QED) is 0.268. The molecule has 8 nitrogen and oxygen atoms in total. The average Bonchev–Trinajstić information content (AvgIpc) is 3.94. The molecule has 2 aromatic carbocycles. The van der Waals surface area contributed by atoms with Gasteiger partial charge in [-0.1, -0.05) is 35.9 Å². The lowest BCUT2D eigenvalue weighted by Gasteiger charge is -2.28. The highest BCUT2D eigenvalue weighted by atomic mass is 35.5. The van der Waals surface area contributed by atoms with Gasteiger partial charge in [0, 0.05) is 59.8 Å². The lowest BCUT2D eigenvalue weighted by atomic mass is 9.96. The molecule has 7 rings (SSSR count). The summed E-state index contributed by atoms with van der Waals surface area (Å²) in [4.78, 5) is 19.1. The summed E-state index contributed by atoms with van der Waals surface area (Å²) in [6.45, 7) is 0.630. The van der Waals surface area contributed by atoms with Gasteiger partial charge in [0.1, 0.15) is 5.75 Å². The predicted molar refractivity (Wildman–Crippen MR) is 159 cm³/mol. The number of aromatic nitrogens is 2. The molecule has 3 aliphatic rings. The Kier molecular flexibility index (Phi) is 6.93. The molecule has 2 fully saturated rings. The zero-order valence-corrected chi connectivity index (χ0v) is 24.5. The Bertz CT molecular complexity index is 1830. The van der Waals surface area contributed by atoms with E-state index in [0.29, 0.717) is 17.0 Å². The third-order valence-electron chi connectivity index (χ3n) is 8.23. The van der Waals surface area contributed by atoms with Gasteiger partial charge in [-0.3, -0.25) is 9.78 Å². The van der Waals surface area contributed by atoms with Crippen LogP contribution in [0.15, 0.2) is 82.7 Å². The minimum absolute atomic E-state index is 0.154. The molecular weight excluding hydrogens is 574 g/mol. The lowest BCUT2D eigenvalue weighted by Crippen LogP contribution is -2.37. The number of aromatic amines is 1. The number of H-pyrrole nitrogens is 1. The van der Waals surface area contributed by atoms with Crippen molar-refractivity contribution >= 4 is 21.6 Å². The van der Waals surface area contributed by atoms with Crippen molar-refractivity contribution in [2.75, 3.05) is 6.54 Å². The van der Waals surface area contributed by atoms with E-state index in [9.17, 15) is 13.2 Å². The highest BCUT2D eigenvalue weighted by Crippen LogP contribution is 2.53. The van der Waals surface area contributed by atoms with E-state index in [1.54, 1.807) is 24.4 Å². The molecule has 0 amide bonds. The largest absolute Gasteiger partial charge is 0.490 e. The molecule has 216 valence electrons. The molecule has 4 aromatic rings. The number of hydrogen-bond donors (Lipinski definition) is 1. The number of pyridine rings is 2. The fraction of sp³-hybridized carbons (Fsp3) is 0.312. The summed E-state index contributed by atoms with van der Waals surface area (Å²) >= 11 is 6.56. The first-order valence-corrected chi connectivity index (χ1v) is 16.0. The van der Waals surface area contributed by atoms with Gasteiger partial charge >= 0.3 is 0 Å². The summed E-state index contributed by atoms with van der Waals surface area (Å²) in [6.07, 6.45) is 8.16. The fourth-order valence-electron chi connectivity index (χ4n) is 5.57. The Balaban J connectivity index is 1.13. The maximum Gasteiger partial charge on any atom is 0.248 e. The topological polar surface area (TPSA) is 102 Å². The van der Waals surface area contributed by atoms with Crippen molar-refractivity contribution in [3.05, 3.63) is 111 Å². The van der Waals surface area contributed by atoms with Gasteiger partial charge in [0.25, 0.3) is 0 Å². The van der Waals surface area contributed by atoms with Crippen LogP contribution < -0.4 is 10.3 Å². The van der Waals surface area contributed by atoms with E-state index in [4.69, 9.17) is 21.1 Å². The zero-order chi connectivity index (χ0) is 28.9. The standard InChI is InChI=1S/C32H30ClN3O5S/c33-28-9-8-24(42(38,39)36-16-12-29-21(19-36)5-10-31(37)35-29)17-22(28)20-40-32(13-14-32)27-18-34-15-11-25(27)26-3-1-2-4-30(26)41-23-6-7-23/h1-5,8-11,15,17-18,23H,6-7,12-14,16,19-20H2,(H,35,37). The van der Waals surface area contributed by atoms with E-state index in [2.05, 4.69) is 16.0 Å². The number of nitrogens with one attached hydrogen (secondary N) is 1. The molecule has 2 aliphatic carbocycles. The number of halogens is 1. The van der Waals surface area contributed by atoms with Gasteiger partial charge in [-0.05, 0) is 72.7 Å². The van der Waals surface area contributed by atoms with Crippen LogP contribution in [0.1, 0.15) is 48.1 Å². The van der Waals surface area contributed by atoms with Crippen LogP contribution in [0.2, 0.25) is 5.02 Å². The number of rotatable bonds is 9. The Morgan fingerprint density at radius 1 is 1.05 bits per heavy atom. The number of hydrogen-bond acceptors (Lipinski definition) is 6.